The first-order valence-electron chi connectivity index (χ1n) is 8.83. The Labute approximate surface area is 160 Å². The standard InChI is InChI=1S/C17H19FN4O5S/c18-16-13(10-7-19-21(8-10)11-1-3-12(23)4-2-11)5-6-14(24)17(16)22-9-15(25)20-28(22,26)27/h5-8,11-12,23-24H,1-4,9H2,(H,20,25). The summed E-state index contributed by atoms with van der Waals surface area (Å²) >= 11 is 0. The van der Waals surface area contributed by atoms with Gasteiger partial charge >= 0.3 is 10.2 Å². The summed E-state index contributed by atoms with van der Waals surface area (Å²) in [5, 5.41) is 24.0. The van der Waals surface area contributed by atoms with Crippen LogP contribution in [0, 0.1) is 5.82 Å². The third-order valence-corrected chi connectivity index (χ3v) is 6.49. The lowest BCUT2D eigenvalue weighted by Gasteiger charge is -2.25. The van der Waals surface area contributed by atoms with Crippen molar-refractivity contribution in [2.75, 3.05) is 10.8 Å². The van der Waals surface area contributed by atoms with Crippen molar-refractivity contribution in [3.05, 3.63) is 30.3 Å². The number of nitrogens with one attached hydrogen (secondary N) is 1. The number of benzene rings is 1. The van der Waals surface area contributed by atoms with Gasteiger partial charge in [-0.25, -0.2) is 13.4 Å². The van der Waals surface area contributed by atoms with Gasteiger partial charge in [-0.1, -0.05) is 0 Å². The molecule has 11 heteroatoms. The van der Waals surface area contributed by atoms with E-state index in [4.69, 9.17) is 0 Å². The zero-order valence-corrected chi connectivity index (χ0v) is 15.6. The molecule has 0 bridgehead atoms. The molecule has 0 atom stereocenters. The number of aromatic hydroxyl groups is 1. The summed E-state index contributed by atoms with van der Waals surface area (Å²) in [6.45, 7) is -0.611. The number of carbonyl (C=O) groups excluding carboxylic acids is 1. The fraction of sp³-hybridized carbons (Fsp3) is 0.412. The average Bonchev–Trinajstić information content (AvgIpc) is 3.20. The van der Waals surface area contributed by atoms with E-state index in [1.807, 2.05) is 0 Å². The van der Waals surface area contributed by atoms with E-state index in [2.05, 4.69) is 5.10 Å². The lowest BCUT2D eigenvalue weighted by Crippen LogP contribution is -2.30. The minimum Gasteiger partial charge on any atom is -0.506 e. The molecule has 2 aliphatic rings. The summed E-state index contributed by atoms with van der Waals surface area (Å²) in [6, 6.07) is 2.61. The van der Waals surface area contributed by atoms with Gasteiger partial charge in [0.05, 0.1) is 18.3 Å². The number of aliphatic hydroxyl groups excluding tert-OH is 1. The van der Waals surface area contributed by atoms with Gasteiger partial charge in [0.25, 0.3) is 5.91 Å². The molecule has 1 saturated heterocycles. The number of rotatable bonds is 3. The summed E-state index contributed by atoms with van der Waals surface area (Å²) in [4.78, 5) is 11.5. The number of anilines is 1. The van der Waals surface area contributed by atoms with Crippen molar-refractivity contribution in [3.8, 4) is 16.9 Å². The van der Waals surface area contributed by atoms with Crippen LogP contribution in [0.5, 0.6) is 5.75 Å². The highest BCUT2D eigenvalue weighted by molar-refractivity contribution is 7.92. The van der Waals surface area contributed by atoms with Gasteiger partial charge in [0.1, 0.15) is 18.0 Å². The minimum atomic E-state index is -4.26. The number of halogens is 1. The first-order chi connectivity index (χ1) is 13.3. The molecule has 2 aromatic rings. The van der Waals surface area contributed by atoms with Crippen molar-refractivity contribution >= 4 is 21.8 Å². The van der Waals surface area contributed by atoms with Gasteiger partial charge < -0.3 is 10.2 Å². The van der Waals surface area contributed by atoms with Gasteiger partial charge in [0.2, 0.25) is 0 Å². The quantitative estimate of drug-likeness (QED) is 0.695. The predicted molar refractivity (Wildman–Crippen MR) is 97.2 cm³/mol. The molecular weight excluding hydrogens is 391 g/mol. The van der Waals surface area contributed by atoms with Crippen molar-refractivity contribution in [2.24, 2.45) is 0 Å². The molecule has 9 nitrogen and oxygen atoms in total. The van der Waals surface area contributed by atoms with Crippen LogP contribution in [0.4, 0.5) is 10.1 Å². The summed E-state index contributed by atoms with van der Waals surface area (Å²) in [6.07, 6.45) is 5.67. The van der Waals surface area contributed by atoms with E-state index < -0.39 is 39.9 Å². The first-order valence-corrected chi connectivity index (χ1v) is 10.3. The second kappa shape index (κ2) is 6.74. The molecule has 0 unspecified atom stereocenters. The highest BCUT2D eigenvalue weighted by atomic mass is 32.2. The number of hydrogen-bond donors (Lipinski definition) is 3. The number of aliphatic hydroxyl groups is 1. The van der Waals surface area contributed by atoms with E-state index in [1.54, 1.807) is 15.6 Å². The Bertz CT molecular complexity index is 1030. The predicted octanol–water partition coefficient (Wildman–Crippen LogP) is 1.05. The summed E-state index contributed by atoms with van der Waals surface area (Å²) in [5.41, 5.74) is -0.102. The molecule has 150 valence electrons. The zero-order chi connectivity index (χ0) is 20.1. The van der Waals surface area contributed by atoms with Crippen LogP contribution in [0.1, 0.15) is 31.7 Å². The second-order valence-electron chi connectivity index (χ2n) is 7.00. The Morgan fingerprint density at radius 3 is 2.57 bits per heavy atom. The van der Waals surface area contributed by atoms with Crippen LogP contribution in [-0.4, -0.2) is 47.0 Å². The molecule has 1 aliphatic heterocycles. The second-order valence-corrected chi connectivity index (χ2v) is 8.60. The lowest BCUT2D eigenvalue weighted by molar-refractivity contribution is -0.117. The molecule has 2 heterocycles. The molecule has 1 aromatic heterocycles. The number of nitrogens with zero attached hydrogens (tertiary/aromatic N) is 3. The topological polar surface area (TPSA) is 125 Å². The van der Waals surface area contributed by atoms with Crippen molar-refractivity contribution < 1.29 is 27.8 Å². The van der Waals surface area contributed by atoms with Crippen LogP contribution in [0.15, 0.2) is 24.5 Å². The van der Waals surface area contributed by atoms with Crippen LogP contribution in [-0.2, 0) is 15.0 Å². The smallest absolute Gasteiger partial charge is 0.326 e. The SMILES string of the molecule is O=C1CN(c2c(O)ccc(-c3cnn(C4CCC(O)CC4)c3)c2F)S(=O)(=O)N1. The van der Waals surface area contributed by atoms with Crippen LogP contribution >= 0.6 is 0 Å². The maximum atomic E-state index is 15.2. The fourth-order valence-electron chi connectivity index (χ4n) is 3.66. The summed E-state index contributed by atoms with van der Waals surface area (Å²) in [5.74, 6) is -2.36. The maximum Gasteiger partial charge on any atom is 0.326 e. The van der Waals surface area contributed by atoms with Crippen molar-refractivity contribution in [1.82, 2.24) is 14.5 Å². The molecule has 0 radical (unpaired) electrons. The average molecular weight is 410 g/mol. The third-order valence-electron chi connectivity index (χ3n) is 5.12. The van der Waals surface area contributed by atoms with E-state index in [0.29, 0.717) is 22.7 Å². The van der Waals surface area contributed by atoms with Crippen LogP contribution in [0.25, 0.3) is 11.1 Å². The van der Waals surface area contributed by atoms with Gasteiger partial charge in [0, 0.05) is 17.3 Å². The van der Waals surface area contributed by atoms with Crippen molar-refractivity contribution in [3.63, 3.8) is 0 Å². The Morgan fingerprint density at radius 2 is 1.93 bits per heavy atom. The molecule has 1 aromatic carbocycles. The van der Waals surface area contributed by atoms with E-state index in [9.17, 15) is 23.4 Å². The van der Waals surface area contributed by atoms with Gasteiger partial charge in [-0.05, 0) is 37.8 Å². The van der Waals surface area contributed by atoms with Gasteiger partial charge in [-0.2, -0.15) is 13.5 Å². The monoisotopic (exact) mass is 410 g/mol. The number of aromatic nitrogens is 2. The van der Waals surface area contributed by atoms with E-state index in [1.165, 1.54) is 18.3 Å². The number of carbonyl (C=O) groups is 1. The molecular formula is C17H19FN4O5S. The Hall–Kier alpha value is -2.66. The van der Waals surface area contributed by atoms with Crippen LogP contribution < -0.4 is 9.03 Å². The highest BCUT2D eigenvalue weighted by Crippen LogP contribution is 2.39. The van der Waals surface area contributed by atoms with Gasteiger partial charge in [-0.3, -0.25) is 9.48 Å². The third kappa shape index (κ3) is 3.20. The lowest BCUT2D eigenvalue weighted by atomic mass is 9.93. The summed E-state index contributed by atoms with van der Waals surface area (Å²) < 4.78 is 43.2. The van der Waals surface area contributed by atoms with E-state index in [0.717, 1.165) is 12.8 Å². The number of amides is 1. The Morgan fingerprint density at radius 1 is 1.21 bits per heavy atom. The molecule has 4 rings (SSSR count). The van der Waals surface area contributed by atoms with E-state index >= 15 is 4.39 Å². The van der Waals surface area contributed by atoms with Gasteiger partial charge in [-0.15, -0.1) is 0 Å². The molecule has 1 aliphatic carbocycles. The largest absolute Gasteiger partial charge is 0.506 e. The molecule has 0 spiro atoms. The number of phenolic OH excluding ortho intramolecular Hbond substituents is 1. The fourth-order valence-corrected chi connectivity index (χ4v) is 4.82. The normalized spacial score (nSPS) is 24.4. The Balaban J connectivity index is 1.70. The first kappa shape index (κ1) is 18.7. The molecule has 1 saturated carbocycles. The zero-order valence-electron chi connectivity index (χ0n) is 14.7. The van der Waals surface area contributed by atoms with Gasteiger partial charge in [0.15, 0.2) is 5.82 Å². The Kier molecular flexibility index (Phi) is 4.50. The molecule has 3 N–H and O–H groups in total. The molecule has 2 fully saturated rings. The van der Waals surface area contributed by atoms with Crippen LogP contribution in [0.2, 0.25) is 0 Å². The minimum absolute atomic E-state index is 0.0597. The summed E-state index contributed by atoms with van der Waals surface area (Å²) in [7, 11) is -4.26. The maximum absolute atomic E-state index is 15.2. The van der Waals surface area contributed by atoms with Crippen LogP contribution in [0.3, 0.4) is 0 Å². The van der Waals surface area contributed by atoms with Crippen molar-refractivity contribution in [1.29, 1.82) is 0 Å². The highest BCUT2D eigenvalue weighted by Gasteiger charge is 2.38. The van der Waals surface area contributed by atoms with Crippen molar-refractivity contribution in [2.45, 2.75) is 37.8 Å². The van der Waals surface area contributed by atoms with E-state index in [-0.39, 0.29) is 17.7 Å². The molecule has 1 amide bonds. The number of hydrogen-bond acceptors (Lipinski definition) is 6. The molecule has 28 heavy (non-hydrogen) atoms. The number of phenols is 1.